The van der Waals surface area contributed by atoms with E-state index in [0.717, 1.165) is 10.2 Å². The van der Waals surface area contributed by atoms with E-state index in [1.165, 1.54) is 0 Å². The fourth-order valence-corrected chi connectivity index (χ4v) is 1.35. The number of aliphatic hydroxyl groups is 2. The van der Waals surface area contributed by atoms with Crippen molar-refractivity contribution < 1.29 is 10.2 Å². The zero-order chi connectivity index (χ0) is 9.19. The lowest BCUT2D eigenvalue weighted by molar-refractivity contribution is -0.170. The molecule has 1 unspecified atom stereocenters. The smallest absolute Gasteiger partial charge is 0.189 e. The fourth-order valence-electron chi connectivity index (χ4n) is 1.02. The molecule has 0 heterocycles. The van der Waals surface area contributed by atoms with E-state index in [1.807, 2.05) is 13.0 Å². The molecule has 0 saturated carbocycles. The fraction of sp³-hybridized carbons (Fsp3) is 0.333. The largest absolute Gasteiger partial charge is 0.362 e. The maximum absolute atomic E-state index is 9.65. The Morgan fingerprint density at radius 1 is 1.25 bits per heavy atom. The number of hydrogen-bond acceptors (Lipinski definition) is 2. The molecule has 0 amide bonds. The molecule has 1 aromatic rings. The number of rotatable bonds is 2. The van der Waals surface area contributed by atoms with Gasteiger partial charge in [0.05, 0.1) is 0 Å². The van der Waals surface area contributed by atoms with Crippen molar-refractivity contribution in [3.8, 4) is 0 Å². The molecule has 0 fully saturated rings. The van der Waals surface area contributed by atoms with Gasteiger partial charge in [0.1, 0.15) is 0 Å². The molecule has 1 atom stereocenters. The van der Waals surface area contributed by atoms with Crippen LogP contribution in [0, 0.1) is 0 Å². The van der Waals surface area contributed by atoms with Crippen molar-refractivity contribution >= 4 is 10.2 Å². The Kier molecular flexibility index (Phi) is 2.67. The second-order valence-electron chi connectivity index (χ2n) is 3.25. The first kappa shape index (κ1) is 9.44. The lowest BCUT2D eigenvalue weighted by Gasteiger charge is -2.26. The molecule has 0 saturated heterocycles. The van der Waals surface area contributed by atoms with Crippen molar-refractivity contribution in [3.05, 3.63) is 35.9 Å². The molecule has 66 valence electrons. The summed E-state index contributed by atoms with van der Waals surface area (Å²) in [6.07, 6.45) is 0. The summed E-state index contributed by atoms with van der Waals surface area (Å²) in [5, 5.41) is 19.3. The van der Waals surface area contributed by atoms with Gasteiger partial charge >= 0.3 is 0 Å². The normalized spacial score (nSPS) is 14.6. The highest BCUT2D eigenvalue weighted by molar-refractivity contribution is 6.12. The summed E-state index contributed by atoms with van der Waals surface area (Å²) in [5.41, 5.74) is 0.507. The zero-order valence-corrected chi connectivity index (χ0v) is 9.36. The first-order valence-corrected chi connectivity index (χ1v) is 5.21. The van der Waals surface area contributed by atoms with Gasteiger partial charge in [0.2, 0.25) is 0 Å². The van der Waals surface area contributed by atoms with E-state index in [9.17, 15) is 10.2 Å². The number of benzene rings is 1. The van der Waals surface area contributed by atoms with Gasteiger partial charge in [-0.2, -0.15) is 0 Å². The molecule has 1 rings (SSSR count). The monoisotopic (exact) mass is 182 g/mol. The van der Waals surface area contributed by atoms with Gasteiger partial charge in [0.25, 0.3) is 0 Å². The number of hydrogen-bond donors (Lipinski definition) is 2. The molecule has 3 heteroatoms. The van der Waals surface area contributed by atoms with Crippen molar-refractivity contribution in [3.63, 3.8) is 0 Å². The summed E-state index contributed by atoms with van der Waals surface area (Å²) >= 11 is 0. The molecule has 2 nitrogen and oxygen atoms in total. The van der Waals surface area contributed by atoms with E-state index in [1.54, 1.807) is 24.3 Å². The first-order chi connectivity index (χ1) is 5.55. The Morgan fingerprint density at radius 3 is 2.17 bits per heavy atom. The van der Waals surface area contributed by atoms with Crippen molar-refractivity contribution in [2.45, 2.75) is 18.3 Å². The Balaban J connectivity index is 2.98. The third-order valence-electron chi connectivity index (χ3n) is 2.00. The Bertz CT molecular complexity index is 244. The maximum Gasteiger partial charge on any atom is 0.189 e. The van der Waals surface area contributed by atoms with E-state index in [2.05, 4.69) is 0 Å². The summed E-state index contributed by atoms with van der Waals surface area (Å²) in [6, 6.07) is 8.93. The Labute approximate surface area is 75.3 Å². The van der Waals surface area contributed by atoms with Crippen molar-refractivity contribution in [1.82, 2.24) is 0 Å². The van der Waals surface area contributed by atoms with Gasteiger partial charge in [-0.15, -0.1) is 0 Å². The van der Waals surface area contributed by atoms with Gasteiger partial charge in [0, 0.05) is 15.8 Å². The van der Waals surface area contributed by atoms with Gasteiger partial charge in [-0.05, 0) is 5.54 Å². The van der Waals surface area contributed by atoms with Crippen LogP contribution in [0.3, 0.4) is 0 Å². The van der Waals surface area contributed by atoms with Crippen LogP contribution in [0.5, 0.6) is 0 Å². The molecule has 0 radical (unpaired) electrons. The van der Waals surface area contributed by atoms with E-state index in [0.29, 0.717) is 5.56 Å². The van der Waals surface area contributed by atoms with Crippen LogP contribution in [-0.4, -0.2) is 20.5 Å². The van der Waals surface area contributed by atoms with Crippen LogP contribution in [0.1, 0.15) is 12.5 Å². The predicted octanol–water partition coefficient (Wildman–Crippen LogP) is -0.00220. The summed E-state index contributed by atoms with van der Waals surface area (Å²) in [5.74, 6) is -1.65. The summed E-state index contributed by atoms with van der Waals surface area (Å²) in [6.45, 7) is 1.83. The SMILES string of the molecule is CC([SiH3])C(O)(O)c1ccccc1. The highest BCUT2D eigenvalue weighted by Gasteiger charge is 2.29. The van der Waals surface area contributed by atoms with Crippen LogP contribution in [0.25, 0.3) is 0 Å². The van der Waals surface area contributed by atoms with Crippen LogP contribution in [0.2, 0.25) is 5.54 Å². The minimum Gasteiger partial charge on any atom is -0.362 e. The molecule has 0 spiro atoms. The van der Waals surface area contributed by atoms with E-state index in [4.69, 9.17) is 0 Å². The van der Waals surface area contributed by atoms with Crippen LogP contribution in [-0.2, 0) is 5.79 Å². The van der Waals surface area contributed by atoms with Crippen LogP contribution in [0.4, 0.5) is 0 Å². The highest BCUT2D eigenvalue weighted by atomic mass is 28.1. The lowest BCUT2D eigenvalue weighted by Crippen LogP contribution is -2.29. The second kappa shape index (κ2) is 3.39. The quantitative estimate of drug-likeness (QED) is 0.499. The minimum absolute atomic E-state index is 0.0695. The Morgan fingerprint density at radius 2 is 1.75 bits per heavy atom. The summed E-state index contributed by atoms with van der Waals surface area (Å²) < 4.78 is 0. The third-order valence-corrected chi connectivity index (χ3v) is 2.81. The molecule has 0 aliphatic heterocycles. The van der Waals surface area contributed by atoms with E-state index >= 15 is 0 Å². The van der Waals surface area contributed by atoms with Gasteiger partial charge in [-0.25, -0.2) is 0 Å². The average molecular weight is 182 g/mol. The van der Waals surface area contributed by atoms with Gasteiger partial charge < -0.3 is 10.2 Å². The molecular formula is C9H14O2Si. The molecular weight excluding hydrogens is 168 g/mol. The zero-order valence-electron chi connectivity index (χ0n) is 7.36. The molecule has 0 aliphatic carbocycles. The van der Waals surface area contributed by atoms with Crippen molar-refractivity contribution in [2.24, 2.45) is 0 Å². The van der Waals surface area contributed by atoms with Crippen LogP contribution in [0.15, 0.2) is 30.3 Å². The topological polar surface area (TPSA) is 40.5 Å². The van der Waals surface area contributed by atoms with E-state index in [-0.39, 0.29) is 5.54 Å². The van der Waals surface area contributed by atoms with Crippen LogP contribution >= 0.6 is 0 Å². The third kappa shape index (κ3) is 1.74. The standard InChI is InChI=1S/C9H14O2Si/c1-7(12)9(10,11)8-5-3-2-4-6-8/h2-7,10-11H,1,12H3. The van der Waals surface area contributed by atoms with Crippen molar-refractivity contribution in [2.75, 3.05) is 0 Å². The first-order valence-electron chi connectivity index (χ1n) is 4.05. The van der Waals surface area contributed by atoms with Crippen LogP contribution < -0.4 is 0 Å². The second-order valence-corrected chi connectivity index (χ2v) is 4.98. The minimum atomic E-state index is -1.65. The molecule has 1 aromatic carbocycles. The van der Waals surface area contributed by atoms with Gasteiger partial charge in [-0.3, -0.25) is 0 Å². The van der Waals surface area contributed by atoms with Gasteiger partial charge in [0.15, 0.2) is 5.79 Å². The predicted molar refractivity (Wildman–Crippen MR) is 51.9 cm³/mol. The molecule has 0 aliphatic rings. The highest BCUT2D eigenvalue weighted by Crippen LogP contribution is 2.27. The Hall–Kier alpha value is -0.643. The van der Waals surface area contributed by atoms with E-state index < -0.39 is 5.79 Å². The summed E-state index contributed by atoms with van der Waals surface area (Å²) in [7, 11) is 0.762. The molecule has 2 N–H and O–H groups in total. The molecule has 0 aromatic heterocycles. The van der Waals surface area contributed by atoms with Crippen molar-refractivity contribution in [1.29, 1.82) is 0 Å². The molecule has 12 heavy (non-hydrogen) atoms. The van der Waals surface area contributed by atoms with Gasteiger partial charge in [-0.1, -0.05) is 37.3 Å². The summed E-state index contributed by atoms with van der Waals surface area (Å²) in [4.78, 5) is 0. The maximum atomic E-state index is 9.65. The average Bonchev–Trinajstić information content (AvgIpc) is 2.06. The lowest BCUT2D eigenvalue weighted by atomic mass is 10.0. The molecule has 0 bridgehead atoms.